The van der Waals surface area contributed by atoms with E-state index in [1.807, 2.05) is 31.2 Å². The zero-order valence-corrected chi connectivity index (χ0v) is 17.9. The number of aryl methyl sites for hydroxylation is 1. The highest BCUT2D eigenvalue weighted by atomic mass is 16.5. The Morgan fingerprint density at radius 1 is 1.03 bits per heavy atom. The number of carbonyl (C=O) groups is 1. The Bertz CT molecular complexity index is 1090. The number of fused-ring (bicyclic) bond motifs is 1. The maximum absolute atomic E-state index is 12.8. The molecule has 1 aliphatic heterocycles. The number of piperazine rings is 1. The number of nitrogens with zero attached hydrogens (tertiary/aromatic N) is 4. The standard InChI is InChI=1S/C24H26N4O3/c1-16-23-20(13-17(14-21(23)29)22-7-4-12-31-22)26-24(25-16)28-10-8-27(9-11-28)18-5-3-6-19(15-18)30-2/h3-7,12,15,17H,8-11,13-14H2,1-2H3/t17-/m1/s1. The van der Waals surface area contributed by atoms with E-state index >= 15 is 0 Å². The number of Topliss-reactive ketones (excluding diaryl/α,β-unsaturated/α-hetero) is 1. The van der Waals surface area contributed by atoms with E-state index in [0.717, 1.165) is 60.7 Å². The molecule has 1 atom stereocenters. The van der Waals surface area contributed by atoms with Crippen molar-refractivity contribution in [3.63, 3.8) is 0 Å². The molecule has 160 valence electrons. The van der Waals surface area contributed by atoms with E-state index in [0.29, 0.717) is 18.4 Å². The molecule has 0 amide bonds. The molecule has 0 N–H and O–H groups in total. The van der Waals surface area contributed by atoms with Crippen LogP contribution in [0, 0.1) is 6.92 Å². The lowest BCUT2D eigenvalue weighted by atomic mass is 9.84. The molecule has 1 fully saturated rings. The summed E-state index contributed by atoms with van der Waals surface area (Å²) in [6.45, 7) is 5.32. The Labute approximate surface area is 181 Å². The fraction of sp³-hybridized carbons (Fsp3) is 0.375. The topological polar surface area (TPSA) is 71.7 Å². The smallest absolute Gasteiger partial charge is 0.225 e. The third-order valence-electron chi connectivity index (χ3n) is 6.23. The van der Waals surface area contributed by atoms with Gasteiger partial charge in [-0.05, 0) is 31.2 Å². The van der Waals surface area contributed by atoms with Gasteiger partial charge in [0, 0.05) is 56.7 Å². The van der Waals surface area contributed by atoms with Crippen molar-refractivity contribution in [2.45, 2.75) is 25.7 Å². The number of benzene rings is 1. The van der Waals surface area contributed by atoms with E-state index in [-0.39, 0.29) is 11.7 Å². The zero-order valence-electron chi connectivity index (χ0n) is 17.9. The minimum atomic E-state index is 0.0436. The fourth-order valence-corrected chi connectivity index (χ4v) is 4.60. The third kappa shape index (κ3) is 3.76. The van der Waals surface area contributed by atoms with Gasteiger partial charge >= 0.3 is 0 Å². The second kappa shape index (κ2) is 8.06. The van der Waals surface area contributed by atoms with Crippen molar-refractivity contribution in [2.24, 2.45) is 0 Å². The van der Waals surface area contributed by atoms with Gasteiger partial charge in [0.1, 0.15) is 11.5 Å². The first-order chi connectivity index (χ1) is 15.1. The highest BCUT2D eigenvalue weighted by Gasteiger charge is 2.32. The van der Waals surface area contributed by atoms with Gasteiger partial charge in [-0.3, -0.25) is 4.79 Å². The normalized spacial score (nSPS) is 18.8. The largest absolute Gasteiger partial charge is 0.497 e. The summed E-state index contributed by atoms with van der Waals surface area (Å²) in [4.78, 5) is 26.9. The number of methoxy groups -OCH3 is 1. The molecule has 1 aliphatic carbocycles. The van der Waals surface area contributed by atoms with Crippen molar-refractivity contribution in [1.82, 2.24) is 9.97 Å². The molecule has 31 heavy (non-hydrogen) atoms. The van der Waals surface area contributed by atoms with Gasteiger partial charge < -0.3 is 19.0 Å². The number of carbonyl (C=O) groups excluding carboxylic acids is 1. The van der Waals surface area contributed by atoms with Gasteiger partial charge in [-0.25, -0.2) is 9.97 Å². The minimum Gasteiger partial charge on any atom is -0.497 e. The van der Waals surface area contributed by atoms with Crippen LogP contribution in [0.5, 0.6) is 5.75 Å². The molecule has 0 spiro atoms. The van der Waals surface area contributed by atoms with E-state index in [9.17, 15) is 4.79 Å². The van der Waals surface area contributed by atoms with Crippen molar-refractivity contribution < 1.29 is 13.9 Å². The summed E-state index contributed by atoms with van der Waals surface area (Å²) in [5.74, 6) is 2.58. The van der Waals surface area contributed by atoms with Crippen LogP contribution in [0.25, 0.3) is 0 Å². The first-order valence-corrected chi connectivity index (χ1v) is 10.7. The van der Waals surface area contributed by atoms with Crippen molar-refractivity contribution in [1.29, 1.82) is 0 Å². The maximum Gasteiger partial charge on any atom is 0.225 e. The summed E-state index contributed by atoms with van der Waals surface area (Å²) < 4.78 is 10.9. The monoisotopic (exact) mass is 418 g/mol. The number of aromatic nitrogens is 2. The van der Waals surface area contributed by atoms with Crippen molar-refractivity contribution in [2.75, 3.05) is 43.1 Å². The molecule has 1 saturated heterocycles. The molecular weight excluding hydrogens is 392 g/mol. The summed E-state index contributed by atoms with van der Waals surface area (Å²) in [7, 11) is 1.69. The molecule has 2 aromatic heterocycles. The van der Waals surface area contributed by atoms with Crippen LogP contribution in [-0.2, 0) is 6.42 Å². The van der Waals surface area contributed by atoms with E-state index in [4.69, 9.17) is 19.1 Å². The Morgan fingerprint density at radius 2 is 1.84 bits per heavy atom. The molecule has 5 rings (SSSR count). The van der Waals surface area contributed by atoms with Crippen LogP contribution >= 0.6 is 0 Å². The summed E-state index contributed by atoms with van der Waals surface area (Å²) >= 11 is 0. The number of rotatable bonds is 4. The van der Waals surface area contributed by atoms with Gasteiger partial charge in [0.2, 0.25) is 5.95 Å². The number of ether oxygens (including phenoxy) is 1. The minimum absolute atomic E-state index is 0.0436. The van der Waals surface area contributed by atoms with Crippen LogP contribution < -0.4 is 14.5 Å². The summed E-state index contributed by atoms with van der Waals surface area (Å²) in [5, 5.41) is 0. The van der Waals surface area contributed by atoms with Gasteiger partial charge in [-0.1, -0.05) is 6.07 Å². The van der Waals surface area contributed by atoms with Crippen LogP contribution in [0.2, 0.25) is 0 Å². The first kappa shape index (κ1) is 19.6. The number of hydrogen-bond donors (Lipinski definition) is 0. The number of furan rings is 1. The average Bonchev–Trinajstić information content (AvgIpc) is 3.34. The van der Waals surface area contributed by atoms with E-state index < -0.39 is 0 Å². The van der Waals surface area contributed by atoms with E-state index in [2.05, 4.69) is 21.9 Å². The molecule has 3 heterocycles. The summed E-state index contributed by atoms with van der Waals surface area (Å²) in [6.07, 6.45) is 2.81. The van der Waals surface area contributed by atoms with Gasteiger partial charge in [0.15, 0.2) is 5.78 Å². The molecule has 7 nitrogen and oxygen atoms in total. The average molecular weight is 418 g/mol. The van der Waals surface area contributed by atoms with E-state index in [1.165, 1.54) is 0 Å². The molecule has 0 radical (unpaired) electrons. The summed E-state index contributed by atoms with van der Waals surface area (Å²) in [5.41, 5.74) is 3.48. The molecule has 0 saturated carbocycles. The predicted molar refractivity (Wildman–Crippen MR) is 118 cm³/mol. The molecular formula is C24H26N4O3. The number of anilines is 2. The van der Waals surface area contributed by atoms with Crippen LogP contribution in [0.1, 0.15) is 39.8 Å². The molecule has 7 heteroatoms. The lowest BCUT2D eigenvalue weighted by Crippen LogP contribution is -2.47. The lowest BCUT2D eigenvalue weighted by molar-refractivity contribution is 0.0958. The highest BCUT2D eigenvalue weighted by molar-refractivity contribution is 5.99. The van der Waals surface area contributed by atoms with Crippen LogP contribution in [0.3, 0.4) is 0 Å². The summed E-state index contributed by atoms with van der Waals surface area (Å²) in [6, 6.07) is 12.0. The molecule has 2 aliphatic rings. The van der Waals surface area contributed by atoms with E-state index in [1.54, 1.807) is 13.4 Å². The Balaban J connectivity index is 1.34. The quantitative estimate of drug-likeness (QED) is 0.641. The van der Waals surface area contributed by atoms with Gasteiger partial charge in [-0.15, -0.1) is 0 Å². The van der Waals surface area contributed by atoms with Gasteiger partial charge in [0.25, 0.3) is 0 Å². The number of ketones is 1. The second-order valence-electron chi connectivity index (χ2n) is 8.15. The third-order valence-corrected chi connectivity index (χ3v) is 6.23. The van der Waals surface area contributed by atoms with Crippen molar-refractivity contribution >= 4 is 17.4 Å². The molecule has 0 unspecified atom stereocenters. The zero-order chi connectivity index (χ0) is 21.4. The van der Waals surface area contributed by atoms with Crippen molar-refractivity contribution in [3.05, 3.63) is 65.4 Å². The van der Waals surface area contributed by atoms with Gasteiger partial charge in [-0.2, -0.15) is 0 Å². The fourth-order valence-electron chi connectivity index (χ4n) is 4.60. The number of hydrogen-bond acceptors (Lipinski definition) is 7. The van der Waals surface area contributed by atoms with Crippen molar-refractivity contribution in [3.8, 4) is 5.75 Å². The Hall–Kier alpha value is -3.35. The maximum atomic E-state index is 12.8. The lowest BCUT2D eigenvalue weighted by Gasteiger charge is -2.36. The molecule has 0 bridgehead atoms. The highest BCUT2D eigenvalue weighted by Crippen LogP contribution is 2.34. The molecule has 1 aromatic carbocycles. The predicted octanol–water partition coefficient (Wildman–Crippen LogP) is 3.63. The van der Waals surface area contributed by atoms with Crippen LogP contribution in [0.15, 0.2) is 47.1 Å². The van der Waals surface area contributed by atoms with Crippen LogP contribution in [-0.4, -0.2) is 49.0 Å². The Morgan fingerprint density at radius 3 is 2.58 bits per heavy atom. The Kier molecular flexibility index (Phi) is 5.10. The molecule has 3 aromatic rings. The van der Waals surface area contributed by atoms with Crippen LogP contribution in [0.4, 0.5) is 11.6 Å². The SMILES string of the molecule is COc1cccc(N2CCN(c3nc(C)c4c(n3)C[C@@H](c3ccco3)CC4=O)CC2)c1. The second-order valence-corrected chi connectivity index (χ2v) is 8.15. The first-order valence-electron chi connectivity index (χ1n) is 10.7. The van der Waals surface area contributed by atoms with Gasteiger partial charge in [0.05, 0.1) is 30.3 Å².